The number of aliphatic hydroxyl groups is 1. The summed E-state index contributed by atoms with van der Waals surface area (Å²) in [6.45, 7) is 0. The standard InChI is InChI=1S/C29H19ClFN3O5S2/c1-38-20-4-2-3-17-13-21(39-26(17)20)24(35)22-23(16-7-9-18(30)10-8-16)34(27(37)25(22)36)28-32-33-29(41-28)40-14-15-5-11-19(31)12-6-15/h2-13,23,36H,14H2,1H3. The van der Waals surface area contributed by atoms with E-state index in [2.05, 4.69) is 10.2 Å². The molecule has 1 amide bonds. The fourth-order valence-corrected chi connectivity index (χ4v) is 6.47. The van der Waals surface area contributed by atoms with E-state index in [0.29, 0.717) is 37.4 Å². The number of rotatable bonds is 8. The summed E-state index contributed by atoms with van der Waals surface area (Å²) in [4.78, 5) is 28.6. The van der Waals surface area contributed by atoms with Gasteiger partial charge in [-0.25, -0.2) is 4.39 Å². The van der Waals surface area contributed by atoms with Crippen LogP contribution in [-0.2, 0) is 10.5 Å². The van der Waals surface area contributed by atoms with E-state index in [0.717, 1.165) is 16.9 Å². The molecule has 41 heavy (non-hydrogen) atoms. The van der Waals surface area contributed by atoms with Gasteiger partial charge in [0.2, 0.25) is 10.9 Å². The molecule has 1 atom stereocenters. The first-order chi connectivity index (χ1) is 19.8. The smallest absolute Gasteiger partial charge is 0.296 e. The van der Waals surface area contributed by atoms with Crippen LogP contribution in [-0.4, -0.2) is 34.1 Å². The molecule has 0 aliphatic carbocycles. The van der Waals surface area contributed by atoms with E-state index in [1.54, 1.807) is 60.7 Å². The minimum Gasteiger partial charge on any atom is -0.503 e. The summed E-state index contributed by atoms with van der Waals surface area (Å²) >= 11 is 8.62. The zero-order valence-corrected chi connectivity index (χ0v) is 23.6. The molecule has 0 fully saturated rings. The fraction of sp³-hybridized carbons (Fsp3) is 0.103. The number of fused-ring (bicyclic) bond motifs is 1. The molecule has 1 N–H and O–H groups in total. The number of Topliss-reactive ketones (excluding diaryl/α,β-unsaturated/α-hetero) is 1. The number of aromatic nitrogens is 2. The van der Waals surface area contributed by atoms with Crippen molar-refractivity contribution in [1.82, 2.24) is 10.2 Å². The Morgan fingerprint density at radius 3 is 2.63 bits per heavy atom. The third kappa shape index (κ3) is 5.08. The van der Waals surface area contributed by atoms with Crippen LogP contribution in [0.3, 0.4) is 0 Å². The first kappa shape index (κ1) is 27.0. The number of carbonyl (C=O) groups is 2. The number of ketones is 1. The van der Waals surface area contributed by atoms with E-state index in [1.165, 1.54) is 35.9 Å². The second kappa shape index (κ2) is 11.0. The second-order valence-corrected chi connectivity index (χ2v) is 11.6. The monoisotopic (exact) mass is 607 g/mol. The summed E-state index contributed by atoms with van der Waals surface area (Å²) in [5.41, 5.74) is 1.62. The van der Waals surface area contributed by atoms with Crippen LogP contribution >= 0.6 is 34.7 Å². The summed E-state index contributed by atoms with van der Waals surface area (Å²) < 4.78 is 25.0. The first-order valence-corrected chi connectivity index (χ1v) is 14.4. The second-order valence-electron chi connectivity index (χ2n) is 8.98. The lowest BCUT2D eigenvalue weighted by Crippen LogP contribution is -2.31. The number of halogens is 2. The van der Waals surface area contributed by atoms with E-state index < -0.39 is 23.5 Å². The molecule has 3 aromatic carbocycles. The fourth-order valence-electron chi connectivity index (χ4n) is 4.52. The van der Waals surface area contributed by atoms with Crippen LogP contribution in [0, 0.1) is 5.82 Å². The number of methoxy groups -OCH3 is 1. The van der Waals surface area contributed by atoms with Crippen molar-refractivity contribution in [1.29, 1.82) is 0 Å². The molecule has 206 valence electrons. The van der Waals surface area contributed by atoms with Gasteiger partial charge < -0.3 is 14.3 Å². The summed E-state index contributed by atoms with van der Waals surface area (Å²) in [5.74, 6) is -1.60. The average Bonchev–Trinajstić information content (AvgIpc) is 3.69. The molecule has 1 aliphatic rings. The predicted octanol–water partition coefficient (Wildman–Crippen LogP) is 7.16. The van der Waals surface area contributed by atoms with Gasteiger partial charge in [0.25, 0.3) is 5.91 Å². The molecule has 1 unspecified atom stereocenters. The van der Waals surface area contributed by atoms with Crippen molar-refractivity contribution in [3.05, 3.63) is 112 Å². The number of carbonyl (C=O) groups excluding carboxylic acids is 2. The summed E-state index contributed by atoms with van der Waals surface area (Å²) in [7, 11) is 1.49. The Balaban J connectivity index is 1.36. The number of nitrogens with zero attached hydrogens (tertiary/aromatic N) is 3. The molecule has 2 aromatic heterocycles. The maximum absolute atomic E-state index is 13.9. The van der Waals surface area contributed by atoms with Crippen LogP contribution in [0.25, 0.3) is 11.0 Å². The number of amides is 1. The molecule has 12 heteroatoms. The number of ether oxygens (including phenoxy) is 1. The van der Waals surface area contributed by atoms with Crippen molar-refractivity contribution in [2.45, 2.75) is 16.1 Å². The molecular formula is C29H19ClFN3O5S2. The van der Waals surface area contributed by atoms with Crippen LogP contribution < -0.4 is 9.64 Å². The van der Waals surface area contributed by atoms with Crippen molar-refractivity contribution >= 4 is 62.5 Å². The molecule has 0 spiro atoms. The van der Waals surface area contributed by atoms with E-state index in [4.69, 9.17) is 20.8 Å². The molecule has 5 aromatic rings. The Kier molecular flexibility index (Phi) is 7.24. The van der Waals surface area contributed by atoms with Gasteiger partial charge in [0, 0.05) is 16.2 Å². The van der Waals surface area contributed by atoms with Crippen LogP contribution in [0.1, 0.15) is 27.7 Å². The molecule has 6 rings (SSSR count). The first-order valence-electron chi connectivity index (χ1n) is 12.2. The Morgan fingerprint density at radius 2 is 1.90 bits per heavy atom. The van der Waals surface area contributed by atoms with Gasteiger partial charge in [-0.05, 0) is 47.5 Å². The number of anilines is 1. The Bertz CT molecular complexity index is 1820. The molecule has 3 heterocycles. The number of aliphatic hydroxyl groups excluding tert-OH is 1. The highest BCUT2D eigenvalue weighted by atomic mass is 35.5. The van der Waals surface area contributed by atoms with Gasteiger partial charge in [0.05, 0.1) is 18.7 Å². The lowest BCUT2D eigenvalue weighted by molar-refractivity contribution is -0.117. The maximum atomic E-state index is 13.9. The van der Waals surface area contributed by atoms with Crippen LogP contribution in [0.2, 0.25) is 5.02 Å². The topological polar surface area (TPSA) is 106 Å². The Hall–Kier alpha value is -4.19. The quantitative estimate of drug-likeness (QED) is 0.112. The summed E-state index contributed by atoms with van der Waals surface area (Å²) in [6.07, 6.45) is 0. The Labute approximate surface area is 246 Å². The highest BCUT2D eigenvalue weighted by Crippen LogP contribution is 2.44. The molecule has 1 aliphatic heterocycles. The van der Waals surface area contributed by atoms with E-state index in [9.17, 15) is 19.1 Å². The van der Waals surface area contributed by atoms with E-state index >= 15 is 0 Å². The van der Waals surface area contributed by atoms with Gasteiger partial charge in [-0.3, -0.25) is 14.5 Å². The van der Waals surface area contributed by atoms with Crippen LogP contribution in [0.15, 0.2) is 92.9 Å². The van der Waals surface area contributed by atoms with Gasteiger partial charge in [-0.1, -0.05) is 71.1 Å². The number of furan rings is 1. The van der Waals surface area contributed by atoms with Crippen molar-refractivity contribution < 1.29 is 28.2 Å². The molecule has 8 nitrogen and oxygen atoms in total. The summed E-state index contributed by atoms with van der Waals surface area (Å²) in [6, 6.07) is 18.5. The highest BCUT2D eigenvalue weighted by Gasteiger charge is 2.46. The summed E-state index contributed by atoms with van der Waals surface area (Å²) in [5, 5.41) is 20.7. The molecule has 0 saturated heterocycles. The van der Waals surface area contributed by atoms with Crippen molar-refractivity contribution in [2.75, 3.05) is 12.0 Å². The van der Waals surface area contributed by atoms with Crippen LogP contribution in [0.5, 0.6) is 5.75 Å². The van der Waals surface area contributed by atoms with Gasteiger partial charge >= 0.3 is 0 Å². The van der Waals surface area contributed by atoms with E-state index in [1.807, 2.05) is 0 Å². The third-order valence-corrected chi connectivity index (χ3v) is 8.85. The lowest BCUT2D eigenvalue weighted by Gasteiger charge is -2.23. The van der Waals surface area contributed by atoms with Gasteiger partial charge in [-0.2, -0.15) is 0 Å². The van der Waals surface area contributed by atoms with Gasteiger partial charge in [0.1, 0.15) is 5.82 Å². The van der Waals surface area contributed by atoms with Crippen molar-refractivity contribution in [2.24, 2.45) is 0 Å². The van der Waals surface area contributed by atoms with Gasteiger partial charge in [0.15, 0.2) is 27.2 Å². The lowest BCUT2D eigenvalue weighted by atomic mass is 9.95. The minimum atomic E-state index is -1.02. The largest absolute Gasteiger partial charge is 0.503 e. The maximum Gasteiger partial charge on any atom is 0.296 e. The number of hydrogen-bond donors (Lipinski definition) is 1. The van der Waals surface area contributed by atoms with Crippen molar-refractivity contribution in [3.63, 3.8) is 0 Å². The SMILES string of the molecule is COc1cccc2cc(C(=O)C3=C(O)C(=O)N(c4nnc(SCc5ccc(F)cc5)s4)C3c3ccc(Cl)cc3)oc12. The molecule has 0 radical (unpaired) electrons. The van der Waals surface area contributed by atoms with Gasteiger partial charge in [-0.15, -0.1) is 10.2 Å². The molecule has 0 saturated carbocycles. The van der Waals surface area contributed by atoms with Crippen molar-refractivity contribution in [3.8, 4) is 5.75 Å². The zero-order chi connectivity index (χ0) is 28.7. The number of para-hydroxylation sites is 1. The average molecular weight is 608 g/mol. The molecular weight excluding hydrogens is 589 g/mol. The predicted molar refractivity (Wildman–Crippen MR) is 154 cm³/mol. The third-order valence-electron chi connectivity index (χ3n) is 6.47. The van der Waals surface area contributed by atoms with E-state index in [-0.39, 0.29) is 22.3 Å². The highest BCUT2D eigenvalue weighted by molar-refractivity contribution is 8.00. The normalized spacial score (nSPS) is 15.2. The van der Waals surface area contributed by atoms with Crippen LogP contribution in [0.4, 0.5) is 9.52 Å². The number of hydrogen-bond acceptors (Lipinski definition) is 9. The Morgan fingerprint density at radius 1 is 1.15 bits per heavy atom. The zero-order valence-electron chi connectivity index (χ0n) is 21.2. The molecule has 0 bridgehead atoms. The number of thioether (sulfide) groups is 1. The minimum absolute atomic E-state index is 0.0625. The number of benzene rings is 3.